The Balaban J connectivity index is 0.000000230. The molecule has 3 rings (SSSR count). The van der Waals surface area contributed by atoms with Crippen LogP contribution in [-0.4, -0.2) is 54.2 Å². The largest absolute Gasteiger partial charge is 0.356 e. The lowest BCUT2D eigenvalue weighted by Gasteiger charge is -2.31. The summed E-state index contributed by atoms with van der Waals surface area (Å²) in [7, 11) is 0. The van der Waals surface area contributed by atoms with Gasteiger partial charge in [-0.05, 0) is 44.4 Å². The minimum Gasteiger partial charge on any atom is -0.356 e. The number of amides is 2. The van der Waals surface area contributed by atoms with Crippen LogP contribution in [0.2, 0.25) is 0 Å². The van der Waals surface area contributed by atoms with Crippen molar-refractivity contribution in [2.45, 2.75) is 39.0 Å². The normalized spacial score (nSPS) is 16.1. The summed E-state index contributed by atoms with van der Waals surface area (Å²) in [6.07, 6.45) is 5.64. The molecule has 158 valence electrons. The van der Waals surface area contributed by atoms with Crippen LogP contribution in [0.3, 0.4) is 0 Å². The average molecular weight is 419 g/mol. The van der Waals surface area contributed by atoms with Gasteiger partial charge in [-0.2, -0.15) is 0 Å². The topological polar surface area (TPSA) is 105 Å². The fraction of sp³-hybridized carbons (Fsp3) is 0.524. The van der Waals surface area contributed by atoms with E-state index in [9.17, 15) is 14.4 Å². The van der Waals surface area contributed by atoms with E-state index in [1.54, 1.807) is 11.8 Å². The number of nitrogens with two attached hydrogens (primary N) is 1. The van der Waals surface area contributed by atoms with Crippen LogP contribution in [0, 0.1) is 5.92 Å². The summed E-state index contributed by atoms with van der Waals surface area (Å²) in [5, 5.41) is 3.50. The maximum Gasteiger partial charge on any atom is 0.224 e. The molecule has 0 radical (unpaired) electrons. The number of rotatable bonds is 7. The highest BCUT2D eigenvalue weighted by Gasteiger charge is 2.26. The number of carbonyl (C=O) groups excluding carboxylic acids is 3. The first-order valence-electron chi connectivity index (χ1n) is 10.1. The van der Waals surface area contributed by atoms with E-state index in [4.69, 9.17) is 5.73 Å². The maximum atomic E-state index is 11.9. The number of benzene rings is 1. The molecule has 1 aliphatic heterocycles. The molecule has 1 unspecified atom stereocenters. The number of fused-ring (bicyclic) bond motifs is 1. The highest BCUT2D eigenvalue weighted by molar-refractivity contribution is 7.19. The summed E-state index contributed by atoms with van der Waals surface area (Å²) in [4.78, 5) is 39.4. The van der Waals surface area contributed by atoms with Crippen LogP contribution >= 0.6 is 11.3 Å². The van der Waals surface area contributed by atoms with Crippen LogP contribution in [0.25, 0.3) is 10.2 Å². The van der Waals surface area contributed by atoms with Gasteiger partial charge in [0.2, 0.25) is 11.8 Å². The highest BCUT2D eigenvalue weighted by atomic mass is 32.1. The number of aromatic nitrogens is 1. The van der Waals surface area contributed by atoms with Gasteiger partial charge in [-0.15, -0.1) is 11.3 Å². The Labute approximate surface area is 175 Å². The Morgan fingerprint density at radius 1 is 1.31 bits per heavy atom. The van der Waals surface area contributed by atoms with E-state index in [1.807, 2.05) is 24.3 Å². The molecular weight excluding hydrogens is 388 g/mol. The number of hydrogen-bond donors (Lipinski definition) is 2. The van der Waals surface area contributed by atoms with Crippen LogP contribution < -0.4 is 11.1 Å². The second-order valence-electron chi connectivity index (χ2n) is 7.08. The number of piperidine rings is 1. The number of nitrogens with one attached hydrogen (secondary N) is 1. The van der Waals surface area contributed by atoms with Crippen LogP contribution in [0.5, 0.6) is 0 Å². The predicted octanol–water partition coefficient (Wildman–Crippen LogP) is 2.60. The van der Waals surface area contributed by atoms with Crippen molar-refractivity contribution in [3.05, 3.63) is 29.3 Å². The molecule has 0 bridgehead atoms. The van der Waals surface area contributed by atoms with Crippen LogP contribution in [0.4, 0.5) is 0 Å². The lowest BCUT2D eigenvalue weighted by atomic mass is 9.97. The summed E-state index contributed by atoms with van der Waals surface area (Å²) in [6, 6.07) is 7.71. The number of thiazole rings is 1. The lowest BCUT2D eigenvalue weighted by Crippen LogP contribution is -2.44. The molecule has 0 spiro atoms. The smallest absolute Gasteiger partial charge is 0.224 e. The van der Waals surface area contributed by atoms with Gasteiger partial charge in [-0.25, -0.2) is 4.98 Å². The molecule has 0 saturated carbocycles. The molecular formula is C21H30N4O3S. The van der Waals surface area contributed by atoms with E-state index < -0.39 is 0 Å². The van der Waals surface area contributed by atoms with E-state index in [0.717, 1.165) is 61.7 Å². The van der Waals surface area contributed by atoms with Crippen molar-refractivity contribution in [1.29, 1.82) is 0 Å². The Kier molecular flexibility index (Phi) is 9.73. The Morgan fingerprint density at radius 3 is 2.79 bits per heavy atom. The van der Waals surface area contributed by atoms with Crippen molar-refractivity contribution >= 4 is 39.7 Å². The zero-order valence-corrected chi connectivity index (χ0v) is 17.7. The van der Waals surface area contributed by atoms with E-state index in [0.29, 0.717) is 18.1 Å². The summed E-state index contributed by atoms with van der Waals surface area (Å²) < 4.78 is 1.06. The Bertz CT molecular complexity index is 775. The molecule has 1 saturated heterocycles. The molecule has 1 atom stereocenters. The monoisotopic (exact) mass is 418 g/mol. The SMILES string of the molecule is CC(=O)N1CCCC(C(=O)NCCCCCN)C1.O=Cc1nc2ccccc2s1. The first-order valence-corrected chi connectivity index (χ1v) is 10.9. The van der Waals surface area contributed by atoms with Crippen LogP contribution in [0.1, 0.15) is 48.8 Å². The number of likely N-dealkylation sites (tertiary alicyclic amines) is 1. The molecule has 1 fully saturated rings. The van der Waals surface area contributed by atoms with Crippen molar-refractivity contribution in [2.75, 3.05) is 26.2 Å². The second kappa shape index (κ2) is 12.3. The van der Waals surface area contributed by atoms with Crippen molar-refractivity contribution in [3.63, 3.8) is 0 Å². The molecule has 2 amide bonds. The minimum atomic E-state index is -0.0304. The van der Waals surface area contributed by atoms with Crippen LogP contribution in [-0.2, 0) is 9.59 Å². The minimum absolute atomic E-state index is 0.0304. The Morgan fingerprint density at radius 2 is 2.10 bits per heavy atom. The highest BCUT2D eigenvalue weighted by Crippen LogP contribution is 2.19. The molecule has 2 aromatic rings. The summed E-state index contributed by atoms with van der Waals surface area (Å²) in [6.45, 7) is 4.35. The molecule has 0 aliphatic carbocycles. The number of carbonyl (C=O) groups is 3. The van der Waals surface area contributed by atoms with Gasteiger partial charge < -0.3 is 16.0 Å². The van der Waals surface area contributed by atoms with Crippen molar-refractivity contribution in [2.24, 2.45) is 11.7 Å². The van der Waals surface area contributed by atoms with E-state index in [1.165, 1.54) is 11.3 Å². The van der Waals surface area contributed by atoms with Crippen LogP contribution in [0.15, 0.2) is 24.3 Å². The summed E-state index contributed by atoms with van der Waals surface area (Å²) in [5.74, 6) is 0.126. The molecule has 1 aromatic heterocycles. The van der Waals surface area contributed by atoms with Gasteiger partial charge >= 0.3 is 0 Å². The lowest BCUT2D eigenvalue weighted by molar-refractivity contribution is -0.133. The zero-order chi connectivity index (χ0) is 21.1. The van der Waals surface area contributed by atoms with Gasteiger partial charge in [0.1, 0.15) is 0 Å². The molecule has 3 N–H and O–H groups in total. The third-order valence-corrected chi connectivity index (χ3v) is 5.79. The van der Waals surface area contributed by atoms with Gasteiger partial charge in [0, 0.05) is 26.6 Å². The van der Waals surface area contributed by atoms with Gasteiger partial charge in [-0.3, -0.25) is 14.4 Å². The average Bonchev–Trinajstić information content (AvgIpc) is 3.17. The number of hydrogen-bond acceptors (Lipinski definition) is 6. The standard InChI is InChI=1S/C13H25N3O2.C8H5NOS/c1-11(17)16-9-5-6-12(10-16)13(18)15-8-4-2-3-7-14;10-5-8-9-6-3-1-2-4-7(6)11-8/h12H,2-10,14H2,1H3,(H,15,18);1-5H. The van der Waals surface area contributed by atoms with Gasteiger partial charge in [0.05, 0.1) is 16.1 Å². The predicted molar refractivity (Wildman–Crippen MR) is 116 cm³/mol. The number of aldehydes is 1. The summed E-state index contributed by atoms with van der Waals surface area (Å²) in [5.41, 5.74) is 6.31. The molecule has 2 heterocycles. The van der Waals surface area contributed by atoms with Gasteiger partial charge in [0.25, 0.3) is 0 Å². The van der Waals surface area contributed by atoms with Crippen molar-refractivity contribution in [1.82, 2.24) is 15.2 Å². The van der Waals surface area contributed by atoms with E-state index in [-0.39, 0.29) is 17.7 Å². The van der Waals surface area contributed by atoms with Gasteiger partial charge in [-0.1, -0.05) is 18.6 Å². The maximum absolute atomic E-state index is 11.9. The molecule has 1 aliphatic rings. The van der Waals surface area contributed by atoms with E-state index >= 15 is 0 Å². The number of unbranched alkanes of at least 4 members (excludes halogenated alkanes) is 2. The Hall–Kier alpha value is -2.32. The molecule has 29 heavy (non-hydrogen) atoms. The first-order chi connectivity index (χ1) is 14.0. The zero-order valence-electron chi connectivity index (χ0n) is 16.9. The summed E-state index contributed by atoms with van der Waals surface area (Å²) >= 11 is 1.42. The molecule has 1 aromatic carbocycles. The number of para-hydroxylation sites is 1. The van der Waals surface area contributed by atoms with Crippen molar-refractivity contribution < 1.29 is 14.4 Å². The fourth-order valence-electron chi connectivity index (χ4n) is 3.22. The molecule has 7 nitrogen and oxygen atoms in total. The van der Waals surface area contributed by atoms with E-state index in [2.05, 4.69) is 10.3 Å². The first kappa shape index (κ1) is 23.0. The second-order valence-corrected chi connectivity index (χ2v) is 8.14. The third-order valence-electron chi connectivity index (χ3n) is 4.83. The fourth-order valence-corrected chi connectivity index (χ4v) is 4.00. The van der Waals surface area contributed by atoms with Gasteiger partial charge in [0.15, 0.2) is 11.3 Å². The third kappa shape index (κ3) is 7.55. The quantitative estimate of drug-likeness (QED) is 0.531. The molecule has 8 heteroatoms. The van der Waals surface area contributed by atoms with Crippen molar-refractivity contribution in [3.8, 4) is 0 Å². The number of nitrogens with zero attached hydrogens (tertiary/aromatic N) is 2.